The fourth-order valence-corrected chi connectivity index (χ4v) is 1.88. The molecule has 0 fully saturated rings. The third-order valence-corrected chi connectivity index (χ3v) is 2.57. The van der Waals surface area contributed by atoms with Crippen molar-refractivity contribution < 1.29 is 19.0 Å². The van der Waals surface area contributed by atoms with Gasteiger partial charge in [0, 0.05) is 11.5 Å². The lowest BCUT2D eigenvalue weighted by Crippen LogP contribution is -2.17. The molecule has 1 aliphatic heterocycles. The smallest absolute Gasteiger partial charge is 0.303 e. The van der Waals surface area contributed by atoms with Crippen LogP contribution in [0.1, 0.15) is 24.3 Å². The Bertz CT molecular complexity index is 389. The monoisotopic (exact) mass is 210 g/mol. The average Bonchev–Trinajstić information content (AvgIpc) is 2.19. The molecule has 4 heteroatoms. The van der Waals surface area contributed by atoms with E-state index in [-0.39, 0.29) is 18.1 Å². The highest BCUT2D eigenvalue weighted by Crippen LogP contribution is 2.37. The Morgan fingerprint density at radius 3 is 3.13 bits per heavy atom. The van der Waals surface area contributed by atoms with Crippen LogP contribution < -0.4 is 4.74 Å². The summed E-state index contributed by atoms with van der Waals surface area (Å²) >= 11 is 0. The zero-order chi connectivity index (χ0) is 10.8. The van der Waals surface area contributed by atoms with Gasteiger partial charge in [0.15, 0.2) is 11.6 Å². The minimum absolute atomic E-state index is 0.0276. The van der Waals surface area contributed by atoms with Gasteiger partial charge in [0.25, 0.3) is 0 Å². The number of halogens is 1. The SMILES string of the molecule is O=C(O)CC1CCOc2c(F)cccc21. The van der Waals surface area contributed by atoms with Crippen LogP contribution >= 0.6 is 0 Å². The lowest BCUT2D eigenvalue weighted by molar-refractivity contribution is -0.137. The second-order valence-electron chi connectivity index (χ2n) is 3.59. The Labute approximate surface area is 86.5 Å². The van der Waals surface area contributed by atoms with Gasteiger partial charge in [-0.05, 0) is 12.5 Å². The molecule has 1 unspecified atom stereocenters. The Hall–Kier alpha value is -1.58. The zero-order valence-corrected chi connectivity index (χ0v) is 8.07. The number of carboxylic acid groups (broad SMARTS) is 1. The molecule has 80 valence electrons. The van der Waals surface area contributed by atoms with Crippen molar-refractivity contribution in [1.82, 2.24) is 0 Å². The Morgan fingerprint density at radius 1 is 1.60 bits per heavy atom. The van der Waals surface area contributed by atoms with Gasteiger partial charge in [-0.3, -0.25) is 4.79 Å². The van der Waals surface area contributed by atoms with E-state index < -0.39 is 11.8 Å². The van der Waals surface area contributed by atoms with Crippen LogP contribution in [0.3, 0.4) is 0 Å². The Balaban J connectivity index is 2.34. The van der Waals surface area contributed by atoms with Crippen LogP contribution in [-0.4, -0.2) is 17.7 Å². The van der Waals surface area contributed by atoms with Gasteiger partial charge < -0.3 is 9.84 Å². The van der Waals surface area contributed by atoms with E-state index in [1.54, 1.807) is 12.1 Å². The van der Waals surface area contributed by atoms with Crippen LogP contribution in [0.5, 0.6) is 5.75 Å². The number of benzene rings is 1. The maximum atomic E-state index is 13.3. The number of hydrogen-bond acceptors (Lipinski definition) is 2. The number of aliphatic carboxylic acids is 1. The third-order valence-electron chi connectivity index (χ3n) is 2.57. The molecule has 0 saturated heterocycles. The summed E-state index contributed by atoms with van der Waals surface area (Å²) < 4.78 is 18.5. The van der Waals surface area contributed by atoms with Crippen molar-refractivity contribution in [3.63, 3.8) is 0 Å². The first kappa shape index (κ1) is 9.96. The van der Waals surface area contributed by atoms with Crippen molar-refractivity contribution in [3.05, 3.63) is 29.6 Å². The molecule has 3 nitrogen and oxygen atoms in total. The average molecular weight is 210 g/mol. The number of ether oxygens (including phenoxy) is 1. The van der Waals surface area contributed by atoms with E-state index in [2.05, 4.69) is 0 Å². The van der Waals surface area contributed by atoms with E-state index >= 15 is 0 Å². The van der Waals surface area contributed by atoms with Crippen molar-refractivity contribution in [2.75, 3.05) is 6.61 Å². The highest BCUT2D eigenvalue weighted by Gasteiger charge is 2.25. The second kappa shape index (κ2) is 3.88. The van der Waals surface area contributed by atoms with E-state index in [0.29, 0.717) is 18.6 Å². The van der Waals surface area contributed by atoms with Crippen molar-refractivity contribution in [2.45, 2.75) is 18.8 Å². The highest BCUT2D eigenvalue weighted by atomic mass is 19.1. The standard InChI is InChI=1S/C11H11FO3/c12-9-3-1-2-8-7(6-10(13)14)4-5-15-11(8)9/h1-3,7H,4-6H2,(H,13,14). The molecule has 1 aromatic rings. The van der Waals surface area contributed by atoms with Gasteiger partial charge in [-0.15, -0.1) is 0 Å². The summed E-state index contributed by atoms with van der Waals surface area (Å²) in [6.45, 7) is 0.381. The van der Waals surface area contributed by atoms with Crippen LogP contribution in [0.2, 0.25) is 0 Å². The molecule has 0 saturated carbocycles. The van der Waals surface area contributed by atoms with Crippen LogP contribution in [0.25, 0.3) is 0 Å². The molecule has 0 amide bonds. The molecule has 1 aliphatic rings. The van der Waals surface area contributed by atoms with E-state index in [9.17, 15) is 9.18 Å². The normalized spacial score (nSPS) is 19.1. The highest BCUT2D eigenvalue weighted by molar-refractivity contribution is 5.68. The maximum absolute atomic E-state index is 13.3. The lowest BCUT2D eigenvalue weighted by Gasteiger charge is -2.24. The second-order valence-corrected chi connectivity index (χ2v) is 3.59. The molecule has 1 atom stereocenters. The maximum Gasteiger partial charge on any atom is 0.303 e. The van der Waals surface area contributed by atoms with Gasteiger partial charge in [-0.2, -0.15) is 0 Å². The van der Waals surface area contributed by atoms with E-state index in [4.69, 9.17) is 9.84 Å². The first-order chi connectivity index (χ1) is 7.18. The minimum Gasteiger partial charge on any atom is -0.490 e. The predicted octanol–water partition coefficient (Wildman–Crippen LogP) is 2.17. The molecule has 0 radical (unpaired) electrons. The summed E-state index contributed by atoms with van der Waals surface area (Å²) in [6.07, 6.45) is 0.655. The lowest BCUT2D eigenvalue weighted by atomic mass is 9.90. The summed E-state index contributed by atoms with van der Waals surface area (Å²) in [7, 11) is 0. The molecule has 1 heterocycles. The Kier molecular flexibility index (Phi) is 2.58. The summed E-state index contributed by atoms with van der Waals surface area (Å²) in [5.41, 5.74) is 0.670. The number of rotatable bonds is 2. The molecule has 0 aliphatic carbocycles. The van der Waals surface area contributed by atoms with E-state index in [0.717, 1.165) is 0 Å². The predicted molar refractivity (Wildman–Crippen MR) is 51.5 cm³/mol. The summed E-state index contributed by atoms with van der Waals surface area (Å²) in [5, 5.41) is 8.73. The van der Waals surface area contributed by atoms with Gasteiger partial charge in [0.1, 0.15) is 0 Å². The summed E-state index contributed by atoms with van der Waals surface area (Å²) in [6, 6.07) is 4.63. The third kappa shape index (κ3) is 1.93. The molecular weight excluding hydrogens is 199 g/mol. The van der Waals surface area contributed by atoms with Crippen molar-refractivity contribution in [3.8, 4) is 5.75 Å². The number of hydrogen-bond donors (Lipinski definition) is 1. The number of carbonyl (C=O) groups is 1. The molecule has 15 heavy (non-hydrogen) atoms. The molecule has 0 spiro atoms. The molecule has 2 rings (SSSR count). The molecular formula is C11H11FO3. The van der Waals surface area contributed by atoms with Gasteiger partial charge >= 0.3 is 5.97 Å². The van der Waals surface area contributed by atoms with Crippen molar-refractivity contribution >= 4 is 5.97 Å². The van der Waals surface area contributed by atoms with Gasteiger partial charge in [0.05, 0.1) is 13.0 Å². The van der Waals surface area contributed by atoms with Gasteiger partial charge in [0.2, 0.25) is 0 Å². The molecule has 0 bridgehead atoms. The van der Waals surface area contributed by atoms with E-state index in [1.165, 1.54) is 6.07 Å². The van der Waals surface area contributed by atoms with Crippen LogP contribution in [-0.2, 0) is 4.79 Å². The van der Waals surface area contributed by atoms with Gasteiger partial charge in [-0.1, -0.05) is 12.1 Å². The minimum atomic E-state index is -0.864. The zero-order valence-electron chi connectivity index (χ0n) is 8.07. The van der Waals surface area contributed by atoms with Crippen LogP contribution in [0, 0.1) is 5.82 Å². The van der Waals surface area contributed by atoms with Gasteiger partial charge in [-0.25, -0.2) is 4.39 Å². The molecule has 0 aromatic heterocycles. The number of carboxylic acids is 1. The first-order valence-corrected chi connectivity index (χ1v) is 4.81. The molecule has 1 aromatic carbocycles. The Morgan fingerprint density at radius 2 is 2.40 bits per heavy atom. The first-order valence-electron chi connectivity index (χ1n) is 4.81. The van der Waals surface area contributed by atoms with Crippen molar-refractivity contribution in [1.29, 1.82) is 0 Å². The fourth-order valence-electron chi connectivity index (χ4n) is 1.88. The van der Waals surface area contributed by atoms with Crippen LogP contribution in [0.4, 0.5) is 4.39 Å². The topological polar surface area (TPSA) is 46.5 Å². The number of fused-ring (bicyclic) bond motifs is 1. The molecule has 1 N–H and O–H groups in total. The quantitative estimate of drug-likeness (QED) is 0.813. The fraction of sp³-hybridized carbons (Fsp3) is 0.364. The number of para-hydroxylation sites is 1. The van der Waals surface area contributed by atoms with Crippen LogP contribution in [0.15, 0.2) is 18.2 Å². The van der Waals surface area contributed by atoms with Crippen molar-refractivity contribution in [2.24, 2.45) is 0 Å². The largest absolute Gasteiger partial charge is 0.490 e. The van der Waals surface area contributed by atoms with E-state index in [1.807, 2.05) is 0 Å². The summed E-state index contributed by atoms with van der Waals surface area (Å²) in [5.74, 6) is -1.20. The summed E-state index contributed by atoms with van der Waals surface area (Å²) in [4.78, 5) is 10.6.